The van der Waals surface area contributed by atoms with E-state index in [0.717, 1.165) is 30.1 Å². The van der Waals surface area contributed by atoms with Gasteiger partial charge < -0.3 is 10.2 Å². The van der Waals surface area contributed by atoms with Crippen molar-refractivity contribution in [1.29, 1.82) is 0 Å². The molecule has 1 N–H and O–H groups in total. The molecule has 0 aromatic heterocycles. The van der Waals surface area contributed by atoms with Crippen LogP contribution in [0.1, 0.15) is 59.3 Å². The minimum atomic E-state index is 0.717. The van der Waals surface area contributed by atoms with Crippen LogP contribution in [-0.4, -0.2) is 60.1 Å². The average molecular weight is 293 g/mol. The second kappa shape index (κ2) is 6.97. The van der Waals surface area contributed by atoms with Crippen LogP contribution in [0.4, 0.5) is 0 Å². The number of hydrogen-bond acceptors (Lipinski definition) is 3. The number of piperidine rings is 1. The summed E-state index contributed by atoms with van der Waals surface area (Å²) < 4.78 is 0. The molecule has 0 aromatic rings. The van der Waals surface area contributed by atoms with E-state index in [2.05, 4.69) is 35.9 Å². The molecule has 0 bridgehead atoms. The molecule has 4 atom stereocenters. The Kier molecular flexibility index (Phi) is 5.23. The van der Waals surface area contributed by atoms with Gasteiger partial charge in [-0.2, -0.15) is 0 Å². The van der Waals surface area contributed by atoms with E-state index in [1.807, 2.05) is 0 Å². The average Bonchev–Trinajstić information content (AvgIpc) is 2.94. The third kappa shape index (κ3) is 3.62. The first-order valence-corrected chi connectivity index (χ1v) is 9.40. The van der Waals surface area contributed by atoms with E-state index in [4.69, 9.17) is 0 Å². The van der Waals surface area contributed by atoms with E-state index in [-0.39, 0.29) is 0 Å². The molecule has 4 unspecified atom stereocenters. The lowest BCUT2D eigenvalue weighted by molar-refractivity contribution is 0.0263. The summed E-state index contributed by atoms with van der Waals surface area (Å²) in [5.74, 6) is 0.805. The van der Waals surface area contributed by atoms with Crippen LogP contribution in [0.15, 0.2) is 0 Å². The van der Waals surface area contributed by atoms with E-state index in [0.29, 0.717) is 0 Å². The summed E-state index contributed by atoms with van der Waals surface area (Å²) in [7, 11) is 0. The largest absolute Gasteiger partial charge is 0.311 e. The van der Waals surface area contributed by atoms with Gasteiger partial charge in [-0.15, -0.1) is 0 Å². The predicted octanol–water partition coefficient (Wildman–Crippen LogP) is 2.71. The molecule has 3 heterocycles. The van der Waals surface area contributed by atoms with Crippen LogP contribution in [0.25, 0.3) is 0 Å². The van der Waals surface area contributed by atoms with E-state index in [1.165, 1.54) is 64.7 Å². The first-order valence-electron chi connectivity index (χ1n) is 9.40. The molecule has 0 aliphatic carbocycles. The fraction of sp³-hybridized carbons (Fsp3) is 1.00. The highest BCUT2D eigenvalue weighted by atomic mass is 15.3. The molecule has 3 fully saturated rings. The lowest BCUT2D eigenvalue weighted by Gasteiger charge is -2.48. The Morgan fingerprint density at radius 2 is 2.00 bits per heavy atom. The van der Waals surface area contributed by atoms with Crippen LogP contribution in [0.5, 0.6) is 0 Å². The van der Waals surface area contributed by atoms with Crippen molar-refractivity contribution in [3.63, 3.8) is 0 Å². The SMILES string of the molecule is CCC1CNC(CC(C)C)CN1C1CCN2CCCC2C1. The lowest BCUT2D eigenvalue weighted by Crippen LogP contribution is -2.61. The molecular formula is C18H35N3. The van der Waals surface area contributed by atoms with Crippen LogP contribution in [0, 0.1) is 5.92 Å². The maximum Gasteiger partial charge on any atom is 0.0221 e. The number of nitrogens with one attached hydrogen (secondary N) is 1. The molecule has 122 valence electrons. The number of nitrogens with zero attached hydrogens (tertiary/aromatic N) is 2. The molecule has 3 rings (SSSR count). The van der Waals surface area contributed by atoms with Gasteiger partial charge in [0, 0.05) is 37.3 Å². The molecule has 0 spiro atoms. The summed E-state index contributed by atoms with van der Waals surface area (Å²) >= 11 is 0. The number of fused-ring (bicyclic) bond motifs is 1. The van der Waals surface area contributed by atoms with Crippen LogP contribution in [0.2, 0.25) is 0 Å². The zero-order chi connectivity index (χ0) is 14.8. The summed E-state index contributed by atoms with van der Waals surface area (Å²) in [5.41, 5.74) is 0. The van der Waals surface area contributed by atoms with Crippen LogP contribution in [-0.2, 0) is 0 Å². The highest BCUT2D eigenvalue weighted by Crippen LogP contribution is 2.31. The van der Waals surface area contributed by atoms with E-state index in [9.17, 15) is 0 Å². The minimum Gasteiger partial charge on any atom is -0.311 e. The van der Waals surface area contributed by atoms with Gasteiger partial charge in [0.25, 0.3) is 0 Å². The van der Waals surface area contributed by atoms with Crippen molar-refractivity contribution in [2.24, 2.45) is 5.92 Å². The summed E-state index contributed by atoms with van der Waals surface area (Å²) in [6, 6.07) is 3.24. The van der Waals surface area contributed by atoms with E-state index in [1.54, 1.807) is 0 Å². The van der Waals surface area contributed by atoms with Crippen LogP contribution in [0.3, 0.4) is 0 Å². The van der Waals surface area contributed by atoms with Gasteiger partial charge in [-0.05, 0) is 57.5 Å². The van der Waals surface area contributed by atoms with Crippen molar-refractivity contribution < 1.29 is 0 Å². The fourth-order valence-corrected chi connectivity index (χ4v) is 4.95. The number of piperazine rings is 1. The Morgan fingerprint density at radius 3 is 2.76 bits per heavy atom. The summed E-state index contributed by atoms with van der Waals surface area (Å²) in [6.07, 6.45) is 8.36. The third-order valence-corrected chi connectivity index (χ3v) is 6.03. The van der Waals surface area contributed by atoms with Crippen molar-refractivity contribution >= 4 is 0 Å². The van der Waals surface area contributed by atoms with Gasteiger partial charge >= 0.3 is 0 Å². The Labute approximate surface area is 131 Å². The van der Waals surface area contributed by atoms with Gasteiger partial charge in [-0.1, -0.05) is 20.8 Å². The van der Waals surface area contributed by atoms with Crippen LogP contribution >= 0.6 is 0 Å². The zero-order valence-corrected chi connectivity index (χ0v) is 14.4. The molecule has 3 saturated heterocycles. The standard InChI is InChI=1S/C18H35N3/c1-4-16-12-19-15(10-14(2)3)13-21(16)18-7-9-20-8-5-6-17(20)11-18/h14-19H,4-13H2,1-3H3. The maximum atomic E-state index is 3.81. The summed E-state index contributed by atoms with van der Waals surface area (Å²) in [5, 5.41) is 3.81. The van der Waals surface area contributed by atoms with Gasteiger partial charge in [0.2, 0.25) is 0 Å². The van der Waals surface area contributed by atoms with Crippen molar-refractivity contribution in [1.82, 2.24) is 15.1 Å². The first kappa shape index (κ1) is 15.8. The predicted molar refractivity (Wildman–Crippen MR) is 89.6 cm³/mol. The van der Waals surface area contributed by atoms with Crippen molar-refractivity contribution in [3.05, 3.63) is 0 Å². The minimum absolute atomic E-state index is 0.717. The van der Waals surface area contributed by atoms with Gasteiger partial charge in [0.1, 0.15) is 0 Å². The fourth-order valence-electron chi connectivity index (χ4n) is 4.95. The highest BCUT2D eigenvalue weighted by Gasteiger charge is 2.38. The van der Waals surface area contributed by atoms with E-state index < -0.39 is 0 Å². The highest BCUT2D eigenvalue weighted by molar-refractivity contribution is 4.95. The monoisotopic (exact) mass is 293 g/mol. The van der Waals surface area contributed by atoms with Crippen molar-refractivity contribution in [2.45, 2.75) is 83.5 Å². The molecule has 0 aromatic carbocycles. The number of hydrogen-bond donors (Lipinski definition) is 1. The molecule has 0 radical (unpaired) electrons. The van der Waals surface area contributed by atoms with Gasteiger partial charge in [0.05, 0.1) is 0 Å². The lowest BCUT2D eigenvalue weighted by atomic mass is 9.91. The molecule has 3 aliphatic heterocycles. The zero-order valence-electron chi connectivity index (χ0n) is 14.4. The third-order valence-electron chi connectivity index (χ3n) is 6.03. The summed E-state index contributed by atoms with van der Waals surface area (Å²) in [6.45, 7) is 12.3. The normalized spacial score (nSPS) is 38.9. The maximum absolute atomic E-state index is 3.81. The molecule has 21 heavy (non-hydrogen) atoms. The first-order chi connectivity index (χ1) is 10.2. The molecule has 3 nitrogen and oxygen atoms in total. The van der Waals surface area contributed by atoms with Gasteiger partial charge in [-0.25, -0.2) is 0 Å². The Morgan fingerprint density at radius 1 is 1.14 bits per heavy atom. The van der Waals surface area contributed by atoms with Crippen LogP contribution < -0.4 is 5.32 Å². The molecule has 3 heteroatoms. The van der Waals surface area contributed by atoms with Gasteiger partial charge in [-0.3, -0.25) is 4.90 Å². The van der Waals surface area contributed by atoms with Crippen molar-refractivity contribution in [3.8, 4) is 0 Å². The molecule has 0 saturated carbocycles. The second-order valence-corrected chi connectivity index (χ2v) is 8.00. The quantitative estimate of drug-likeness (QED) is 0.860. The summed E-state index contributed by atoms with van der Waals surface area (Å²) in [4.78, 5) is 5.66. The van der Waals surface area contributed by atoms with Crippen molar-refractivity contribution in [2.75, 3.05) is 26.2 Å². The second-order valence-electron chi connectivity index (χ2n) is 8.00. The Bertz CT molecular complexity index is 330. The van der Waals surface area contributed by atoms with Gasteiger partial charge in [0.15, 0.2) is 0 Å². The molecular weight excluding hydrogens is 258 g/mol. The Hall–Kier alpha value is -0.120. The Balaban J connectivity index is 1.62. The topological polar surface area (TPSA) is 18.5 Å². The smallest absolute Gasteiger partial charge is 0.0221 e. The number of rotatable bonds is 4. The molecule has 0 amide bonds. The molecule has 3 aliphatic rings. The van der Waals surface area contributed by atoms with E-state index >= 15 is 0 Å².